The Labute approximate surface area is 166 Å². The average molecular weight is 393 g/mol. The first-order chi connectivity index (χ1) is 14.1. The monoisotopic (exact) mass is 393 g/mol. The normalized spacial score (nSPS) is 15.3. The molecular weight excluding hydrogens is 374 g/mol. The molecule has 1 aromatic carbocycles. The molecule has 0 radical (unpaired) electrons. The highest BCUT2D eigenvalue weighted by Gasteiger charge is 2.31. The number of nitrogens with one attached hydrogen (secondary N) is 2. The molecule has 0 fully saturated rings. The smallest absolute Gasteiger partial charge is 0.228 e. The second kappa shape index (κ2) is 8.09. The summed E-state index contributed by atoms with van der Waals surface area (Å²) in [6.07, 6.45) is 2.10. The minimum atomic E-state index is -0.583. The largest absolute Gasteiger partial charge is 0.497 e. The van der Waals surface area contributed by atoms with Crippen LogP contribution in [0.1, 0.15) is 23.8 Å². The summed E-state index contributed by atoms with van der Waals surface area (Å²) in [4.78, 5) is 33.1. The van der Waals surface area contributed by atoms with Crippen LogP contribution in [-0.4, -0.2) is 40.6 Å². The minimum Gasteiger partial charge on any atom is -0.497 e. The quantitative estimate of drug-likeness (QED) is 0.657. The molecule has 1 aliphatic rings. The van der Waals surface area contributed by atoms with Gasteiger partial charge in [0.25, 0.3) is 0 Å². The van der Waals surface area contributed by atoms with Gasteiger partial charge >= 0.3 is 0 Å². The van der Waals surface area contributed by atoms with E-state index in [1.165, 1.54) is 0 Å². The van der Waals surface area contributed by atoms with E-state index in [1.54, 1.807) is 43.6 Å². The van der Waals surface area contributed by atoms with Crippen molar-refractivity contribution in [2.45, 2.75) is 18.8 Å². The number of amides is 2. The van der Waals surface area contributed by atoms with Crippen molar-refractivity contribution in [3.05, 3.63) is 54.0 Å². The molecule has 1 atom stereocenters. The van der Waals surface area contributed by atoms with Crippen molar-refractivity contribution in [2.24, 2.45) is 0 Å². The van der Waals surface area contributed by atoms with E-state index < -0.39 is 5.92 Å². The number of carbonyl (C=O) groups is 2. The topological polar surface area (TPSA) is 119 Å². The summed E-state index contributed by atoms with van der Waals surface area (Å²) in [6.45, 7) is 0.306. The number of anilines is 1. The third kappa shape index (κ3) is 4.08. The van der Waals surface area contributed by atoms with Gasteiger partial charge in [-0.3, -0.25) is 14.6 Å². The molecule has 0 saturated heterocycles. The van der Waals surface area contributed by atoms with Gasteiger partial charge in [-0.05, 0) is 35.9 Å². The highest BCUT2D eigenvalue weighted by molar-refractivity contribution is 6.01. The van der Waals surface area contributed by atoms with E-state index in [-0.39, 0.29) is 18.2 Å². The van der Waals surface area contributed by atoms with E-state index in [0.29, 0.717) is 41.8 Å². The van der Waals surface area contributed by atoms with Gasteiger partial charge in [0.05, 0.1) is 13.0 Å². The zero-order valence-corrected chi connectivity index (χ0v) is 15.7. The molecule has 3 aromatic rings. The minimum absolute atomic E-state index is 0.0797. The van der Waals surface area contributed by atoms with Crippen molar-refractivity contribution in [2.75, 3.05) is 19.0 Å². The Bertz CT molecular complexity index is 1030. The van der Waals surface area contributed by atoms with Gasteiger partial charge in [-0.1, -0.05) is 11.2 Å². The summed E-state index contributed by atoms with van der Waals surface area (Å²) in [7, 11) is 1.56. The third-order valence-corrected chi connectivity index (χ3v) is 4.61. The van der Waals surface area contributed by atoms with Gasteiger partial charge in [-0.25, -0.2) is 0 Å². The Hall–Kier alpha value is -3.75. The van der Waals surface area contributed by atoms with Gasteiger partial charge in [-0.2, -0.15) is 4.98 Å². The maximum absolute atomic E-state index is 12.7. The molecule has 0 aliphatic carbocycles. The second-order valence-electron chi connectivity index (χ2n) is 6.53. The number of fused-ring (bicyclic) bond motifs is 1. The Kier molecular flexibility index (Phi) is 5.19. The summed E-state index contributed by atoms with van der Waals surface area (Å²) < 4.78 is 10.5. The van der Waals surface area contributed by atoms with Crippen molar-refractivity contribution >= 4 is 17.5 Å². The van der Waals surface area contributed by atoms with Crippen LogP contribution in [0.4, 0.5) is 5.69 Å². The van der Waals surface area contributed by atoms with Gasteiger partial charge in [0, 0.05) is 31.3 Å². The lowest BCUT2D eigenvalue weighted by atomic mass is 9.89. The summed E-state index contributed by atoms with van der Waals surface area (Å²) in [5.41, 5.74) is 1.97. The molecular formula is C20H19N5O4. The van der Waals surface area contributed by atoms with E-state index in [4.69, 9.17) is 9.26 Å². The molecule has 0 saturated carbocycles. The number of methoxy groups -OCH3 is 1. The first kappa shape index (κ1) is 18.6. The van der Waals surface area contributed by atoms with Gasteiger partial charge in [0.1, 0.15) is 11.4 Å². The van der Waals surface area contributed by atoms with Crippen molar-refractivity contribution in [1.29, 1.82) is 0 Å². The highest BCUT2D eigenvalue weighted by atomic mass is 16.5. The lowest BCUT2D eigenvalue weighted by Gasteiger charge is -2.25. The molecule has 0 bridgehead atoms. The predicted molar refractivity (Wildman–Crippen MR) is 103 cm³/mol. The zero-order chi connectivity index (χ0) is 20.2. The zero-order valence-electron chi connectivity index (χ0n) is 15.7. The number of aromatic nitrogens is 3. The molecule has 1 unspecified atom stereocenters. The third-order valence-electron chi connectivity index (χ3n) is 4.61. The number of pyridine rings is 1. The fourth-order valence-corrected chi connectivity index (χ4v) is 3.17. The average Bonchev–Trinajstić information content (AvgIpc) is 3.22. The van der Waals surface area contributed by atoms with E-state index in [0.717, 1.165) is 5.56 Å². The Morgan fingerprint density at radius 1 is 1.34 bits per heavy atom. The van der Waals surface area contributed by atoms with Crippen LogP contribution in [0.3, 0.4) is 0 Å². The Morgan fingerprint density at radius 2 is 2.24 bits per heavy atom. The molecule has 0 spiro atoms. The lowest BCUT2D eigenvalue weighted by Crippen LogP contribution is -2.36. The first-order valence-corrected chi connectivity index (χ1v) is 9.13. The van der Waals surface area contributed by atoms with E-state index >= 15 is 0 Å². The number of hydrogen-bond acceptors (Lipinski definition) is 7. The number of carbonyl (C=O) groups excluding carboxylic acids is 2. The highest BCUT2D eigenvalue weighted by Crippen LogP contribution is 2.35. The van der Waals surface area contributed by atoms with Gasteiger partial charge < -0.3 is 19.9 Å². The van der Waals surface area contributed by atoms with Crippen molar-refractivity contribution in [1.82, 2.24) is 20.4 Å². The molecule has 2 N–H and O–H groups in total. The van der Waals surface area contributed by atoms with Gasteiger partial charge in [0.2, 0.25) is 23.5 Å². The molecule has 9 nitrogen and oxygen atoms in total. The van der Waals surface area contributed by atoms with Gasteiger partial charge in [0.15, 0.2) is 0 Å². The second-order valence-corrected chi connectivity index (χ2v) is 6.53. The SMILES string of the molecule is COc1ccc2c(c1)C(C(=O)NCCc1nc(-c3ccccn3)no1)CC(=O)N2. The van der Waals surface area contributed by atoms with E-state index in [2.05, 4.69) is 25.8 Å². The van der Waals surface area contributed by atoms with Crippen molar-refractivity contribution < 1.29 is 18.8 Å². The maximum atomic E-state index is 12.7. The molecule has 148 valence electrons. The molecule has 4 rings (SSSR count). The molecule has 29 heavy (non-hydrogen) atoms. The first-order valence-electron chi connectivity index (χ1n) is 9.13. The molecule has 2 aromatic heterocycles. The van der Waals surface area contributed by atoms with Crippen molar-refractivity contribution in [3.8, 4) is 17.3 Å². The summed E-state index contributed by atoms with van der Waals surface area (Å²) in [6, 6.07) is 10.7. The fourth-order valence-electron chi connectivity index (χ4n) is 3.17. The lowest BCUT2D eigenvalue weighted by molar-refractivity contribution is -0.126. The fraction of sp³-hybridized carbons (Fsp3) is 0.250. The molecule has 9 heteroatoms. The van der Waals surface area contributed by atoms with Crippen LogP contribution in [0, 0.1) is 0 Å². The summed E-state index contributed by atoms with van der Waals surface area (Å²) >= 11 is 0. The van der Waals surface area contributed by atoms with Crippen LogP contribution >= 0.6 is 0 Å². The van der Waals surface area contributed by atoms with Crippen LogP contribution in [0.25, 0.3) is 11.5 Å². The number of ether oxygens (including phenoxy) is 1. The number of rotatable bonds is 6. The standard InChI is InChI=1S/C20H19N5O4/c1-28-12-5-6-15-13(10-12)14(11-17(26)23-15)20(27)22-9-7-18-24-19(25-29-18)16-4-2-3-8-21-16/h2-6,8,10,14H,7,9,11H2,1H3,(H,22,27)(H,23,26). The number of nitrogens with zero attached hydrogens (tertiary/aromatic N) is 3. The predicted octanol–water partition coefficient (Wildman–Crippen LogP) is 1.92. The Balaban J connectivity index is 1.39. The summed E-state index contributed by atoms with van der Waals surface area (Å²) in [5, 5.41) is 9.53. The molecule has 2 amide bonds. The molecule has 3 heterocycles. The van der Waals surface area contributed by atoms with Crippen LogP contribution in [0.15, 0.2) is 47.1 Å². The maximum Gasteiger partial charge on any atom is 0.228 e. The van der Waals surface area contributed by atoms with Crippen molar-refractivity contribution in [3.63, 3.8) is 0 Å². The number of benzene rings is 1. The van der Waals surface area contributed by atoms with E-state index in [9.17, 15) is 9.59 Å². The summed E-state index contributed by atoms with van der Waals surface area (Å²) in [5.74, 6) is 0.413. The number of hydrogen-bond donors (Lipinski definition) is 2. The molecule has 1 aliphatic heterocycles. The van der Waals surface area contributed by atoms with Crippen LogP contribution in [0.2, 0.25) is 0 Å². The van der Waals surface area contributed by atoms with Crippen LogP contribution in [0.5, 0.6) is 5.75 Å². The van der Waals surface area contributed by atoms with Gasteiger partial charge in [-0.15, -0.1) is 0 Å². The van der Waals surface area contributed by atoms with Crippen LogP contribution in [-0.2, 0) is 16.0 Å². The van der Waals surface area contributed by atoms with Crippen LogP contribution < -0.4 is 15.4 Å². The Morgan fingerprint density at radius 3 is 3.03 bits per heavy atom. The van der Waals surface area contributed by atoms with E-state index in [1.807, 2.05) is 6.07 Å².